The third kappa shape index (κ3) is 9.16. The van der Waals surface area contributed by atoms with Gasteiger partial charge in [0.25, 0.3) is 0 Å². The normalized spacial score (nSPS) is 17.1. The number of hydrogen-bond acceptors (Lipinski definition) is 6. The maximum absolute atomic E-state index is 14.3. The van der Waals surface area contributed by atoms with Crippen LogP contribution in [0.1, 0.15) is 75.5 Å². The Balaban J connectivity index is 1.29. The van der Waals surface area contributed by atoms with E-state index in [0.717, 1.165) is 40.4 Å². The average Bonchev–Trinajstić information content (AvgIpc) is 3.46. The number of carbonyl (C=O) groups excluding carboxylic acids is 2. The molecule has 4 aromatic rings. The van der Waals surface area contributed by atoms with E-state index in [-0.39, 0.29) is 44.0 Å². The zero-order valence-electron chi connectivity index (χ0n) is 29.8. The Hall–Kier alpha value is -3.39. The van der Waals surface area contributed by atoms with E-state index in [2.05, 4.69) is 41.7 Å². The summed E-state index contributed by atoms with van der Waals surface area (Å²) in [6.07, 6.45) is 2.51. The second-order valence-electron chi connectivity index (χ2n) is 14.6. The number of aliphatic hydroxyl groups is 1. The summed E-state index contributed by atoms with van der Waals surface area (Å²) in [5.41, 5.74) is 4.71. The molecule has 0 unspecified atom stereocenters. The van der Waals surface area contributed by atoms with Gasteiger partial charge in [-0.25, -0.2) is 0 Å². The molecule has 0 aromatic heterocycles. The monoisotopic (exact) mass is 771 g/mol. The maximum atomic E-state index is 14.3. The molecule has 0 aliphatic heterocycles. The Bertz CT molecular complexity index is 1710. The van der Waals surface area contributed by atoms with Crippen molar-refractivity contribution in [2.75, 3.05) is 13.2 Å². The molecule has 51 heavy (non-hydrogen) atoms. The Kier molecular flexibility index (Phi) is 12.4. The summed E-state index contributed by atoms with van der Waals surface area (Å²) in [5, 5.41) is 15.9. The predicted octanol–water partition coefficient (Wildman–Crippen LogP) is 8.30. The molecule has 2 aliphatic rings. The molecule has 6 nitrogen and oxygen atoms in total. The Morgan fingerprint density at radius 2 is 1.41 bits per heavy atom. The second kappa shape index (κ2) is 17.0. The number of rotatable bonds is 13. The number of fused-ring (bicyclic) bond motifs is 3. The summed E-state index contributed by atoms with van der Waals surface area (Å²) < 4.78 is 13.2. The van der Waals surface area contributed by atoms with Gasteiger partial charge >= 0.3 is 315 Å². The first-order chi connectivity index (χ1) is 24.6. The van der Waals surface area contributed by atoms with E-state index in [9.17, 15) is 14.7 Å². The molecule has 2 N–H and O–H groups in total. The van der Waals surface area contributed by atoms with Gasteiger partial charge in [-0.05, 0) is 0 Å². The molecular weight excluding hydrogens is 722 g/mol. The molecule has 0 spiro atoms. The van der Waals surface area contributed by atoms with Crippen LogP contribution in [-0.4, -0.2) is 61.4 Å². The zero-order valence-corrected chi connectivity index (χ0v) is 32.3. The van der Waals surface area contributed by atoms with Gasteiger partial charge < -0.3 is 0 Å². The topological polar surface area (TPSA) is 84.9 Å². The van der Waals surface area contributed by atoms with E-state index >= 15 is 0 Å². The molecule has 3 atom stereocenters. The van der Waals surface area contributed by atoms with E-state index in [1.165, 1.54) is 22.9 Å². The van der Waals surface area contributed by atoms with Gasteiger partial charge in [0.2, 0.25) is 0 Å². The quantitative estimate of drug-likeness (QED) is 0.133. The zero-order chi connectivity index (χ0) is 35.8. The number of hydrogen-bond donors (Lipinski definition) is 2. The first-order valence-corrected chi connectivity index (χ1v) is 20.7. The summed E-state index contributed by atoms with van der Waals surface area (Å²) in [7, 11) is 0. The molecule has 8 heteroatoms. The van der Waals surface area contributed by atoms with E-state index in [0.29, 0.717) is 19.4 Å². The first-order valence-electron chi connectivity index (χ1n) is 18.0. The molecule has 0 saturated heterocycles. The fraction of sp³-hybridized carbons (Fsp3) is 0.395. The van der Waals surface area contributed by atoms with Crippen LogP contribution in [0.2, 0.25) is 4.82 Å². The van der Waals surface area contributed by atoms with Crippen LogP contribution in [0, 0.1) is 5.41 Å². The number of nitrogens with one attached hydrogen (secondary N) is 1. The standard InChI is InChI=1S/C43H49NO5SSe/c1-42(2,3)50-40(46)43(25-15-6-16-26-43)39(45)38(51-31-19-9-5-10-20-31)37(29-48-27-30-17-7-4-8-18-30)44-41(47)49-28-36-34-23-13-11-21-32(34)33-22-12-14-24-35(33)36/h4-5,7-14,17-24,36-39,45H,6,15-16,25-29H2,1-3H3,(H,44,47)/t37-,38-,39-/m0/s1. The van der Waals surface area contributed by atoms with Gasteiger partial charge in [-0.2, -0.15) is 0 Å². The van der Waals surface area contributed by atoms with Crippen molar-refractivity contribution in [3.63, 3.8) is 0 Å². The van der Waals surface area contributed by atoms with Crippen molar-refractivity contribution in [2.45, 2.75) is 87.1 Å². The van der Waals surface area contributed by atoms with Crippen molar-refractivity contribution in [1.82, 2.24) is 5.32 Å². The average molecular weight is 771 g/mol. The van der Waals surface area contributed by atoms with Crippen LogP contribution in [-0.2, 0) is 20.9 Å². The number of thioether (sulfide) groups is 1. The van der Waals surface area contributed by atoms with Crippen LogP contribution in [0.15, 0.2) is 109 Å². The first kappa shape index (κ1) is 37.4. The van der Waals surface area contributed by atoms with Crippen LogP contribution >= 0.6 is 11.8 Å². The van der Waals surface area contributed by atoms with E-state index < -0.39 is 28.5 Å². The number of benzene rings is 4. The molecule has 2 aliphatic carbocycles. The molecule has 1 amide bonds. The van der Waals surface area contributed by atoms with Crippen LogP contribution in [0.3, 0.4) is 0 Å². The van der Waals surface area contributed by atoms with E-state index in [4.69, 9.17) is 9.47 Å². The van der Waals surface area contributed by atoms with Gasteiger partial charge in [-0.1, -0.05) is 0 Å². The number of carbonyl (C=O) groups is 2. The summed E-state index contributed by atoms with van der Waals surface area (Å²) in [5.74, 6) is -0.0802. The van der Waals surface area contributed by atoms with Crippen molar-refractivity contribution in [1.29, 1.82) is 0 Å². The van der Waals surface area contributed by atoms with Crippen LogP contribution in [0.4, 0.5) is 4.79 Å². The molecule has 1 saturated carbocycles. The van der Waals surface area contributed by atoms with Crippen LogP contribution in [0.5, 0.6) is 0 Å². The SMILES string of the molecule is CC(C)(C)SC(=O)C1([C@@H](O)[C@@H]([Se]c2ccccc2)[C@H](COCc2ccccc2)NC(=O)OCC2c3ccccc3-c3ccccc32)CCCCC1. The fourth-order valence-corrected chi connectivity index (χ4v) is 11.3. The third-order valence-corrected chi connectivity index (χ3v) is 14.0. The van der Waals surface area contributed by atoms with Gasteiger partial charge in [0, 0.05) is 0 Å². The molecular formula is C43H49NO5SSe. The number of alkyl carbamates (subject to hydrolysis) is 1. The molecule has 0 heterocycles. The third-order valence-electron chi connectivity index (χ3n) is 9.90. The Morgan fingerprint density at radius 3 is 2.02 bits per heavy atom. The molecule has 0 radical (unpaired) electrons. The van der Waals surface area contributed by atoms with E-state index in [1.54, 1.807) is 0 Å². The summed E-state index contributed by atoms with van der Waals surface area (Å²) in [6.45, 7) is 6.83. The van der Waals surface area contributed by atoms with Crippen molar-refractivity contribution < 1.29 is 24.2 Å². The Morgan fingerprint density at radius 1 is 0.843 bits per heavy atom. The van der Waals surface area contributed by atoms with Crippen LogP contribution in [0.25, 0.3) is 11.1 Å². The predicted molar refractivity (Wildman–Crippen MR) is 208 cm³/mol. The minimum absolute atomic E-state index is 0.0427. The summed E-state index contributed by atoms with van der Waals surface area (Å²) in [6, 6.07) is 36.0. The number of amides is 1. The van der Waals surface area contributed by atoms with Crippen molar-refractivity contribution in [3.8, 4) is 11.1 Å². The van der Waals surface area contributed by atoms with E-state index in [1.807, 2.05) is 93.6 Å². The molecule has 1 fully saturated rings. The van der Waals surface area contributed by atoms with Gasteiger partial charge in [0.1, 0.15) is 0 Å². The van der Waals surface area contributed by atoms with Crippen LogP contribution < -0.4 is 9.78 Å². The Labute approximate surface area is 313 Å². The number of ether oxygens (including phenoxy) is 2. The minimum atomic E-state index is -0.987. The number of aliphatic hydroxyl groups excluding tert-OH is 1. The van der Waals surface area contributed by atoms with Gasteiger partial charge in [-0.15, -0.1) is 0 Å². The molecule has 6 rings (SSSR count). The van der Waals surface area contributed by atoms with Gasteiger partial charge in [0.15, 0.2) is 0 Å². The second-order valence-corrected chi connectivity index (χ2v) is 19.1. The van der Waals surface area contributed by atoms with Crippen molar-refractivity contribution in [3.05, 3.63) is 126 Å². The fourth-order valence-electron chi connectivity index (χ4n) is 7.41. The molecule has 0 bridgehead atoms. The van der Waals surface area contributed by atoms with Crippen molar-refractivity contribution >= 4 is 42.4 Å². The summed E-state index contributed by atoms with van der Waals surface area (Å²) >= 11 is 1.02. The van der Waals surface area contributed by atoms with Gasteiger partial charge in [-0.3, -0.25) is 0 Å². The molecule has 4 aromatic carbocycles. The van der Waals surface area contributed by atoms with Gasteiger partial charge in [0.05, 0.1) is 0 Å². The molecule has 268 valence electrons. The summed E-state index contributed by atoms with van der Waals surface area (Å²) in [4.78, 5) is 27.7. The van der Waals surface area contributed by atoms with Crippen molar-refractivity contribution in [2.24, 2.45) is 5.41 Å².